The third-order valence-electron chi connectivity index (χ3n) is 2.88. The van der Waals surface area contributed by atoms with Gasteiger partial charge in [-0.3, -0.25) is 9.88 Å². The quantitative estimate of drug-likeness (QED) is 0.577. The largest absolute Gasteiger partial charge is 0.351 e. The predicted octanol–water partition coefficient (Wildman–Crippen LogP) is 4.21. The van der Waals surface area contributed by atoms with Gasteiger partial charge in [-0.25, -0.2) is 0 Å². The Morgan fingerprint density at radius 2 is 1.84 bits per heavy atom. The Morgan fingerprint density at radius 1 is 1.26 bits per heavy atom. The molecule has 108 valence electrons. The van der Waals surface area contributed by atoms with Gasteiger partial charge in [0.1, 0.15) is 5.78 Å². The summed E-state index contributed by atoms with van der Waals surface area (Å²) in [6, 6.07) is 7.19. The van der Waals surface area contributed by atoms with E-state index in [0.717, 1.165) is 24.9 Å². The molecule has 1 atom stereocenters. The van der Waals surface area contributed by atoms with Crippen LogP contribution in [0.15, 0.2) is 24.3 Å². The first-order chi connectivity index (χ1) is 9.07. The first-order valence-corrected chi connectivity index (χ1v) is 8.26. The molecule has 0 aliphatic rings. The van der Waals surface area contributed by atoms with Crippen LogP contribution in [0.4, 0.5) is 0 Å². The molecule has 0 aliphatic heterocycles. The van der Waals surface area contributed by atoms with E-state index >= 15 is 0 Å². The van der Waals surface area contributed by atoms with E-state index in [2.05, 4.69) is 12.2 Å². The lowest BCUT2D eigenvalue weighted by Gasteiger charge is -2.25. The maximum absolute atomic E-state index is 12.6. The van der Waals surface area contributed by atoms with Crippen molar-refractivity contribution < 1.29 is 13.6 Å². The van der Waals surface area contributed by atoms with E-state index in [-0.39, 0.29) is 0 Å². The number of nitrogens with one attached hydrogen (secondary N) is 1. The number of halogens is 1. The Morgan fingerprint density at radius 3 is 2.32 bits per heavy atom. The van der Waals surface area contributed by atoms with Gasteiger partial charge in [-0.2, -0.15) is 0 Å². The average Bonchev–Trinajstić information content (AvgIpc) is 2.44. The van der Waals surface area contributed by atoms with Crippen molar-refractivity contribution in [3.05, 3.63) is 34.9 Å². The molecule has 1 unspecified atom stereocenters. The molecule has 0 aromatic heterocycles. The molecule has 1 N–H and O–H groups in total. The van der Waals surface area contributed by atoms with E-state index in [1.54, 1.807) is 12.1 Å². The second-order valence-electron chi connectivity index (χ2n) is 4.17. The van der Waals surface area contributed by atoms with Gasteiger partial charge in [0, 0.05) is 19.2 Å². The van der Waals surface area contributed by atoms with Crippen LogP contribution >= 0.6 is 19.2 Å². The second kappa shape index (κ2) is 8.03. The molecule has 0 radical (unpaired) electrons. The Kier molecular flexibility index (Phi) is 7.05. The van der Waals surface area contributed by atoms with Gasteiger partial charge in [0.25, 0.3) is 0 Å². The molecule has 1 aromatic carbocycles. The van der Waals surface area contributed by atoms with Gasteiger partial charge in [0.2, 0.25) is 0 Å². The van der Waals surface area contributed by atoms with Gasteiger partial charge in [-0.15, -0.1) is 0 Å². The maximum Gasteiger partial charge on any atom is 0.351 e. The molecule has 0 heterocycles. The van der Waals surface area contributed by atoms with E-state index in [1.807, 2.05) is 12.1 Å². The molecular weight excluding hydrogens is 285 g/mol. The van der Waals surface area contributed by atoms with Gasteiger partial charge < -0.3 is 9.05 Å². The van der Waals surface area contributed by atoms with E-state index in [0.29, 0.717) is 5.02 Å². The molecular formula is C13H21ClNO3P. The van der Waals surface area contributed by atoms with Crippen molar-refractivity contribution in [1.29, 1.82) is 0 Å². The number of hydrogen-bond donors (Lipinski definition) is 1. The highest BCUT2D eigenvalue weighted by molar-refractivity contribution is 7.54. The fourth-order valence-corrected chi connectivity index (χ4v) is 3.34. The number of unbranched alkanes of at least 4 members (excludes halogenated alkanes) is 1. The number of benzene rings is 1. The van der Waals surface area contributed by atoms with Gasteiger partial charge in [0.15, 0.2) is 0 Å². The van der Waals surface area contributed by atoms with Crippen molar-refractivity contribution >= 4 is 19.2 Å². The zero-order chi connectivity index (χ0) is 14.3. The SMILES string of the molecule is CCCCNC(c1ccc(Cl)cc1)P(=O)(OC)OC. The Bertz CT molecular complexity index is 416. The summed E-state index contributed by atoms with van der Waals surface area (Å²) in [5.41, 5.74) is 0.840. The highest BCUT2D eigenvalue weighted by Gasteiger charge is 2.34. The molecule has 0 fully saturated rings. The molecule has 0 aliphatic carbocycles. The van der Waals surface area contributed by atoms with E-state index in [1.165, 1.54) is 14.2 Å². The van der Waals surface area contributed by atoms with Gasteiger partial charge in [-0.05, 0) is 30.7 Å². The zero-order valence-electron chi connectivity index (χ0n) is 11.6. The van der Waals surface area contributed by atoms with E-state index in [4.69, 9.17) is 20.6 Å². The lowest BCUT2D eigenvalue weighted by atomic mass is 10.2. The van der Waals surface area contributed by atoms with Gasteiger partial charge >= 0.3 is 7.60 Å². The van der Waals surface area contributed by atoms with Crippen LogP contribution in [0, 0.1) is 0 Å². The van der Waals surface area contributed by atoms with Crippen LogP contribution in [0.25, 0.3) is 0 Å². The third kappa shape index (κ3) is 4.59. The summed E-state index contributed by atoms with van der Waals surface area (Å²) in [5.74, 6) is -0.480. The molecule has 6 heteroatoms. The van der Waals surface area contributed by atoms with Crippen LogP contribution < -0.4 is 5.32 Å². The van der Waals surface area contributed by atoms with Crippen LogP contribution in [-0.2, 0) is 13.6 Å². The van der Waals surface area contributed by atoms with Crippen molar-refractivity contribution in [2.24, 2.45) is 0 Å². The lowest BCUT2D eigenvalue weighted by molar-refractivity contribution is 0.259. The molecule has 1 rings (SSSR count). The molecule has 0 amide bonds. The summed E-state index contributed by atoms with van der Waals surface area (Å²) < 4.78 is 22.8. The minimum absolute atomic E-state index is 0.480. The third-order valence-corrected chi connectivity index (χ3v) is 5.26. The molecule has 0 bridgehead atoms. The fraction of sp³-hybridized carbons (Fsp3) is 0.538. The Hall–Kier alpha value is -0.380. The normalized spacial score (nSPS) is 13.5. The molecule has 1 aromatic rings. The van der Waals surface area contributed by atoms with Crippen molar-refractivity contribution in [3.63, 3.8) is 0 Å². The van der Waals surface area contributed by atoms with Gasteiger partial charge in [0.05, 0.1) is 0 Å². The Labute approximate surface area is 120 Å². The summed E-state index contributed by atoms with van der Waals surface area (Å²) in [5, 5.41) is 3.88. The van der Waals surface area contributed by atoms with Crippen LogP contribution in [0.2, 0.25) is 5.02 Å². The average molecular weight is 306 g/mol. The van der Waals surface area contributed by atoms with Crippen LogP contribution in [0.1, 0.15) is 31.1 Å². The van der Waals surface area contributed by atoms with E-state index in [9.17, 15) is 4.57 Å². The summed E-state index contributed by atoms with van der Waals surface area (Å²) in [6.07, 6.45) is 2.06. The first-order valence-electron chi connectivity index (χ1n) is 6.27. The number of rotatable bonds is 8. The second-order valence-corrected chi connectivity index (χ2v) is 6.93. The highest BCUT2D eigenvalue weighted by atomic mass is 35.5. The lowest BCUT2D eigenvalue weighted by Crippen LogP contribution is -2.23. The van der Waals surface area contributed by atoms with Crippen molar-refractivity contribution in [1.82, 2.24) is 5.32 Å². The smallest absolute Gasteiger partial charge is 0.311 e. The fourth-order valence-electron chi connectivity index (χ4n) is 1.76. The molecule has 0 saturated carbocycles. The topological polar surface area (TPSA) is 47.6 Å². The van der Waals surface area contributed by atoms with Crippen molar-refractivity contribution in [3.8, 4) is 0 Å². The molecule has 0 saturated heterocycles. The van der Waals surface area contributed by atoms with Gasteiger partial charge in [-0.1, -0.05) is 37.1 Å². The zero-order valence-corrected chi connectivity index (χ0v) is 13.2. The summed E-state index contributed by atoms with van der Waals surface area (Å²) in [7, 11) is -0.428. The number of hydrogen-bond acceptors (Lipinski definition) is 4. The Balaban J connectivity index is 2.97. The molecule has 19 heavy (non-hydrogen) atoms. The standard InChI is InChI=1S/C13H21ClNO3P/c1-4-5-10-15-13(19(16,17-2)18-3)11-6-8-12(14)9-7-11/h6-9,13,15H,4-5,10H2,1-3H3. The maximum atomic E-state index is 12.6. The highest BCUT2D eigenvalue weighted by Crippen LogP contribution is 2.58. The van der Waals surface area contributed by atoms with Crippen molar-refractivity contribution in [2.45, 2.75) is 25.5 Å². The summed E-state index contributed by atoms with van der Waals surface area (Å²) in [4.78, 5) is 0. The first kappa shape index (κ1) is 16.7. The van der Waals surface area contributed by atoms with Crippen molar-refractivity contribution in [2.75, 3.05) is 20.8 Å². The minimum atomic E-state index is -3.22. The van der Waals surface area contributed by atoms with Crippen LogP contribution in [0.5, 0.6) is 0 Å². The van der Waals surface area contributed by atoms with E-state index < -0.39 is 13.4 Å². The minimum Gasteiger partial charge on any atom is -0.311 e. The monoisotopic (exact) mass is 305 g/mol. The molecule has 4 nitrogen and oxygen atoms in total. The predicted molar refractivity (Wildman–Crippen MR) is 78.7 cm³/mol. The summed E-state index contributed by atoms with van der Waals surface area (Å²) >= 11 is 5.87. The van der Waals surface area contributed by atoms with Crippen LogP contribution in [-0.4, -0.2) is 20.8 Å². The molecule has 0 spiro atoms. The van der Waals surface area contributed by atoms with Crippen LogP contribution in [0.3, 0.4) is 0 Å². The summed E-state index contributed by atoms with van der Waals surface area (Å²) in [6.45, 7) is 2.85.